The van der Waals surface area contributed by atoms with Crippen molar-refractivity contribution in [2.45, 2.75) is 52.6 Å². The van der Waals surface area contributed by atoms with Crippen LogP contribution in [0.3, 0.4) is 0 Å². The molecule has 218 valence electrons. The molecule has 0 aliphatic carbocycles. The van der Waals surface area contributed by atoms with E-state index in [-0.39, 0.29) is 6.42 Å². The molecule has 0 saturated heterocycles. The molecular weight excluding hydrogens is 616 g/mol. The predicted molar refractivity (Wildman–Crippen MR) is 171 cm³/mol. The zero-order chi connectivity index (χ0) is 29.6. The minimum absolute atomic E-state index is 0.0991. The van der Waals surface area contributed by atoms with Gasteiger partial charge in [-0.05, 0) is 88.3 Å². The first-order valence-electron chi connectivity index (χ1n) is 14.3. The summed E-state index contributed by atoms with van der Waals surface area (Å²) in [6, 6.07) is 23.9. The number of rotatable bonds is 8. The summed E-state index contributed by atoms with van der Waals surface area (Å²) in [5.74, 6) is 2.38. The lowest BCUT2D eigenvalue weighted by atomic mass is 9.98. The maximum absolute atomic E-state index is 12.3. The molecule has 6 rings (SSSR count). The summed E-state index contributed by atoms with van der Waals surface area (Å²) in [6.07, 6.45) is 1.90. The minimum atomic E-state index is -4.28. The largest absolute Gasteiger partial charge is 0.453 e. The zero-order valence-electron chi connectivity index (χ0n) is 23.8. The molecule has 0 amide bonds. The highest BCUT2D eigenvalue weighted by Gasteiger charge is 2.40. The molecule has 7 nitrogen and oxygen atoms in total. The molecule has 0 saturated carbocycles. The van der Waals surface area contributed by atoms with Crippen LogP contribution < -0.4 is 19.3 Å². The minimum Gasteiger partial charge on any atom is -0.453 e. The second kappa shape index (κ2) is 11.3. The van der Waals surface area contributed by atoms with E-state index in [2.05, 4.69) is 64.7 Å². The standard InChI is InChI=1S/C33H33BrN2O5S/c1-4-21-19-23(6-3)31-29(20-21)41-33-22(5-2)11-9-14-26(33)36(31)30(17-18-42(37,38)39)35-25-13-7-8-15-27(25)40-28-16-10-12-24(34)32(28)35/h7-16,19-20,30H,4-6,17-18H2,1-3H3,(H,37,38,39). The number of hydrogen-bond donors (Lipinski definition) is 1. The molecular formula is C33H33BrN2O5S. The summed E-state index contributed by atoms with van der Waals surface area (Å²) in [7, 11) is -4.28. The summed E-state index contributed by atoms with van der Waals surface area (Å²) in [5.41, 5.74) is 6.64. The summed E-state index contributed by atoms with van der Waals surface area (Å²) >= 11 is 3.76. The van der Waals surface area contributed by atoms with Gasteiger partial charge in [-0.25, -0.2) is 0 Å². The second-order valence-electron chi connectivity index (χ2n) is 10.5. The van der Waals surface area contributed by atoms with E-state index in [4.69, 9.17) is 9.47 Å². The fourth-order valence-electron chi connectivity index (χ4n) is 5.98. The Hall–Kier alpha value is -3.53. The van der Waals surface area contributed by atoms with E-state index in [1.165, 1.54) is 5.56 Å². The van der Waals surface area contributed by atoms with Crippen LogP contribution in [-0.4, -0.2) is 24.9 Å². The smallest absolute Gasteiger partial charge is 0.265 e. The van der Waals surface area contributed by atoms with Gasteiger partial charge in [0.05, 0.1) is 22.8 Å². The number of aryl methyl sites for hydroxylation is 3. The van der Waals surface area contributed by atoms with Crippen molar-refractivity contribution in [3.8, 4) is 23.0 Å². The Balaban J connectivity index is 1.68. The molecule has 1 atom stereocenters. The van der Waals surface area contributed by atoms with E-state index < -0.39 is 22.0 Å². The molecule has 9 heteroatoms. The van der Waals surface area contributed by atoms with Crippen LogP contribution >= 0.6 is 15.9 Å². The van der Waals surface area contributed by atoms with E-state index in [9.17, 15) is 13.0 Å². The number of benzene rings is 4. The van der Waals surface area contributed by atoms with Gasteiger partial charge in [0.25, 0.3) is 10.1 Å². The molecule has 0 spiro atoms. The maximum atomic E-state index is 12.3. The molecule has 1 N–H and O–H groups in total. The molecule has 2 heterocycles. The maximum Gasteiger partial charge on any atom is 0.265 e. The highest BCUT2D eigenvalue weighted by molar-refractivity contribution is 9.10. The van der Waals surface area contributed by atoms with Crippen molar-refractivity contribution in [1.82, 2.24) is 0 Å². The van der Waals surface area contributed by atoms with E-state index in [0.717, 1.165) is 69.1 Å². The van der Waals surface area contributed by atoms with Crippen molar-refractivity contribution in [2.75, 3.05) is 15.6 Å². The lowest BCUT2D eigenvalue weighted by molar-refractivity contribution is 0.444. The third kappa shape index (κ3) is 5.03. The molecule has 0 radical (unpaired) electrons. The van der Waals surface area contributed by atoms with Crippen LogP contribution in [0.25, 0.3) is 0 Å². The molecule has 4 aromatic carbocycles. The average Bonchev–Trinajstić information content (AvgIpc) is 2.98. The van der Waals surface area contributed by atoms with Crippen LogP contribution in [0.5, 0.6) is 23.0 Å². The molecule has 4 aromatic rings. The summed E-state index contributed by atoms with van der Waals surface area (Å²) in [6.45, 7) is 6.34. The molecule has 0 aromatic heterocycles. The Labute approximate surface area is 255 Å². The van der Waals surface area contributed by atoms with Gasteiger partial charge in [-0.1, -0.05) is 57.2 Å². The van der Waals surface area contributed by atoms with Crippen molar-refractivity contribution in [3.05, 3.63) is 94.0 Å². The normalized spacial score (nSPS) is 14.2. The van der Waals surface area contributed by atoms with E-state index in [0.29, 0.717) is 11.5 Å². The monoisotopic (exact) mass is 648 g/mol. The fraction of sp³-hybridized carbons (Fsp3) is 0.273. The summed E-state index contributed by atoms with van der Waals surface area (Å²) in [4.78, 5) is 4.34. The highest BCUT2D eigenvalue weighted by atomic mass is 79.9. The SMILES string of the molecule is CCc1cc(CC)c2c(c1)Oc1c(CC)cccc1N2C(CCS(=O)(=O)O)N1c2ccccc2Oc2cccc(Br)c21. The van der Waals surface area contributed by atoms with Crippen LogP contribution in [0.15, 0.2) is 77.3 Å². The van der Waals surface area contributed by atoms with Crippen molar-refractivity contribution in [1.29, 1.82) is 0 Å². The number of fused-ring (bicyclic) bond motifs is 4. The van der Waals surface area contributed by atoms with Gasteiger partial charge in [-0.2, -0.15) is 8.42 Å². The van der Waals surface area contributed by atoms with Gasteiger partial charge in [-0.15, -0.1) is 0 Å². The number of anilines is 4. The van der Waals surface area contributed by atoms with Crippen molar-refractivity contribution >= 4 is 48.8 Å². The molecule has 2 aliphatic rings. The Kier molecular flexibility index (Phi) is 7.68. The summed E-state index contributed by atoms with van der Waals surface area (Å²) < 4.78 is 48.5. The quantitative estimate of drug-likeness (QED) is 0.191. The number of hydrogen-bond acceptors (Lipinski definition) is 6. The second-order valence-corrected chi connectivity index (χ2v) is 12.9. The Bertz CT molecular complexity index is 1770. The number of ether oxygens (including phenoxy) is 2. The van der Waals surface area contributed by atoms with E-state index in [1.807, 2.05) is 54.6 Å². The predicted octanol–water partition coefficient (Wildman–Crippen LogP) is 8.93. The Morgan fingerprint density at radius 1 is 0.762 bits per heavy atom. The molecule has 42 heavy (non-hydrogen) atoms. The van der Waals surface area contributed by atoms with Gasteiger partial charge >= 0.3 is 0 Å². The Morgan fingerprint density at radius 3 is 2.19 bits per heavy atom. The van der Waals surface area contributed by atoms with Crippen molar-refractivity contribution in [2.24, 2.45) is 0 Å². The third-order valence-electron chi connectivity index (χ3n) is 7.94. The zero-order valence-corrected chi connectivity index (χ0v) is 26.2. The first-order valence-corrected chi connectivity index (χ1v) is 16.7. The number of para-hydroxylation sites is 4. The first kappa shape index (κ1) is 28.6. The Morgan fingerprint density at radius 2 is 1.45 bits per heavy atom. The average molecular weight is 650 g/mol. The van der Waals surface area contributed by atoms with Gasteiger partial charge in [0, 0.05) is 10.9 Å². The van der Waals surface area contributed by atoms with Crippen LogP contribution in [-0.2, 0) is 29.4 Å². The topological polar surface area (TPSA) is 79.3 Å². The molecule has 0 fully saturated rings. The highest BCUT2D eigenvalue weighted by Crippen LogP contribution is 2.56. The van der Waals surface area contributed by atoms with Crippen LogP contribution in [0.4, 0.5) is 22.7 Å². The van der Waals surface area contributed by atoms with Gasteiger partial charge in [0.15, 0.2) is 23.0 Å². The van der Waals surface area contributed by atoms with Crippen LogP contribution in [0.1, 0.15) is 43.9 Å². The van der Waals surface area contributed by atoms with Gasteiger partial charge in [0.2, 0.25) is 0 Å². The lowest BCUT2D eigenvalue weighted by Crippen LogP contribution is -2.47. The number of nitrogens with zero attached hydrogens (tertiary/aromatic N) is 2. The van der Waals surface area contributed by atoms with E-state index in [1.54, 1.807) is 0 Å². The van der Waals surface area contributed by atoms with Gasteiger partial charge in [0.1, 0.15) is 11.9 Å². The molecule has 0 bridgehead atoms. The van der Waals surface area contributed by atoms with Crippen molar-refractivity contribution in [3.63, 3.8) is 0 Å². The molecule has 2 aliphatic heterocycles. The van der Waals surface area contributed by atoms with Gasteiger partial charge in [-0.3, -0.25) is 4.55 Å². The molecule has 1 unspecified atom stereocenters. The number of halogens is 1. The van der Waals surface area contributed by atoms with Crippen LogP contribution in [0, 0.1) is 0 Å². The fourth-order valence-corrected chi connectivity index (χ4v) is 7.03. The summed E-state index contributed by atoms with van der Waals surface area (Å²) in [5, 5.41) is 0. The third-order valence-corrected chi connectivity index (χ3v) is 9.33. The van der Waals surface area contributed by atoms with Crippen molar-refractivity contribution < 1.29 is 22.4 Å². The lowest BCUT2D eigenvalue weighted by Gasteiger charge is -2.47. The first-order chi connectivity index (χ1) is 20.2. The van der Waals surface area contributed by atoms with Gasteiger partial charge < -0.3 is 19.3 Å². The van der Waals surface area contributed by atoms with E-state index >= 15 is 0 Å². The van der Waals surface area contributed by atoms with Crippen LogP contribution in [0.2, 0.25) is 0 Å².